The van der Waals surface area contributed by atoms with E-state index in [1.165, 1.54) is 0 Å². The molecule has 1 aromatic carbocycles. The molecule has 0 aliphatic carbocycles. The molecule has 0 bridgehead atoms. The molecule has 1 aromatic heterocycles. The van der Waals surface area contributed by atoms with Crippen LogP contribution in [0.4, 0.5) is 0 Å². The molecular weight excluding hydrogens is 238 g/mol. The van der Waals surface area contributed by atoms with Gasteiger partial charge in [-0.25, -0.2) is 4.98 Å². The van der Waals surface area contributed by atoms with Gasteiger partial charge in [0, 0.05) is 25.4 Å². The predicted octanol–water partition coefficient (Wildman–Crippen LogP) is 2.68. The van der Waals surface area contributed by atoms with Crippen LogP contribution in [-0.2, 0) is 4.79 Å². The van der Waals surface area contributed by atoms with Crippen LogP contribution in [0.15, 0.2) is 24.3 Å². The lowest BCUT2D eigenvalue weighted by molar-refractivity contribution is -0.132. The Morgan fingerprint density at radius 3 is 3.11 bits per heavy atom. The molecule has 2 heterocycles. The Morgan fingerprint density at radius 1 is 1.47 bits per heavy atom. The standard InChI is InChI=1S/C15H19N3O/c1-2-14(19)18-9-5-6-11(10-18)15-16-12-7-3-4-8-13(12)17-15/h3-4,7-8,11H,2,5-6,9-10H2,1H3,(H,16,17)/t11-/m0/s1. The van der Waals surface area contributed by atoms with E-state index in [1.54, 1.807) is 0 Å². The van der Waals surface area contributed by atoms with Crippen LogP contribution in [0.2, 0.25) is 0 Å². The van der Waals surface area contributed by atoms with Crippen molar-refractivity contribution in [2.24, 2.45) is 0 Å². The Morgan fingerprint density at radius 2 is 2.32 bits per heavy atom. The number of hydrogen-bond acceptors (Lipinski definition) is 2. The Hall–Kier alpha value is -1.84. The molecule has 1 atom stereocenters. The van der Waals surface area contributed by atoms with Gasteiger partial charge in [-0.05, 0) is 25.0 Å². The normalized spacial score (nSPS) is 19.8. The number of para-hydroxylation sites is 2. The van der Waals surface area contributed by atoms with Crippen molar-refractivity contribution in [1.29, 1.82) is 0 Å². The molecule has 1 fully saturated rings. The fraction of sp³-hybridized carbons (Fsp3) is 0.467. The third-order valence-corrected chi connectivity index (χ3v) is 3.87. The van der Waals surface area contributed by atoms with Crippen molar-refractivity contribution in [1.82, 2.24) is 14.9 Å². The molecule has 2 aromatic rings. The number of carbonyl (C=O) groups is 1. The number of imidazole rings is 1. The van der Waals surface area contributed by atoms with E-state index >= 15 is 0 Å². The van der Waals surface area contributed by atoms with Crippen LogP contribution in [-0.4, -0.2) is 33.9 Å². The molecule has 0 unspecified atom stereocenters. The van der Waals surface area contributed by atoms with Crippen LogP contribution in [0.5, 0.6) is 0 Å². The van der Waals surface area contributed by atoms with E-state index in [2.05, 4.69) is 9.97 Å². The van der Waals surface area contributed by atoms with Gasteiger partial charge in [-0.3, -0.25) is 4.79 Å². The summed E-state index contributed by atoms with van der Waals surface area (Å²) >= 11 is 0. The van der Waals surface area contributed by atoms with Crippen molar-refractivity contribution >= 4 is 16.9 Å². The number of piperidine rings is 1. The Labute approximate surface area is 112 Å². The highest BCUT2D eigenvalue weighted by atomic mass is 16.2. The molecule has 1 aliphatic rings. The fourth-order valence-corrected chi connectivity index (χ4v) is 2.82. The van der Waals surface area contributed by atoms with Crippen molar-refractivity contribution in [3.8, 4) is 0 Å². The van der Waals surface area contributed by atoms with Gasteiger partial charge in [-0.1, -0.05) is 19.1 Å². The molecule has 1 saturated heterocycles. The number of aromatic nitrogens is 2. The van der Waals surface area contributed by atoms with Crippen LogP contribution in [0.3, 0.4) is 0 Å². The average molecular weight is 257 g/mol. The van der Waals surface area contributed by atoms with E-state index in [9.17, 15) is 4.79 Å². The number of carbonyl (C=O) groups excluding carboxylic acids is 1. The molecule has 0 spiro atoms. The predicted molar refractivity (Wildman–Crippen MR) is 74.9 cm³/mol. The quantitative estimate of drug-likeness (QED) is 0.899. The first-order valence-corrected chi connectivity index (χ1v) is 7.00. The molecule has 4 heteroatoms. The third kappa shape index (κ3) is 2.35. The molecular formula is C15H19N3O. The van der Waals surface area contributed by atoms with Crippen LogP contribution in [0.1, 0.15) is 37.9 Å². The minimum absolute atomic E-state index is 0.251. The molecule has 19 heavy (non-hydrogen) atoms. The number of benzene rings is 1. The average Bonchev–Trinajstić information content (AvgIpc) is 2.90. The first kappa shape index (κ1) is 12.2. The minimum atomic E-state index is 0.251. The maximum atomic E-state index is 11.8. The lowest BCUT2D eigenvalue weighted by Crippen LogP contribution is -2.38. The Kier molecular flexibility index (Phi) is 3.23. The summed E-state index contributed by atoms with van der Waals surface area (Å²) in [7, 11) is 0. The highest BCUT2D eigenvalue weighted by molar-refractivity contribution is 5.76. The van der Waals surface area contributed by atoms with Crippen molar-refractivity contribution < 1.29 is 4.79 Å². The SMILES string of the molecule is CCC(=O)N1CCC[C@H](c2nc3ccccc3[nH]2)C1. The largest absolute Gasteiger partial charge is 0.342 e. The van der Waals surface area contributed by atoms with Gasteiger partial charge < -0.3 is 9.88 Å². The second-order valence-corrected chi connectivity index (χ2v) is 5.17. The number of likely N-dealkylation sites (tertiary alicyclic amines) is 1. The van der Waals surface area contributed by atoms with Gasteiger partial charge in [-0.2, -0.15) is 0 Å². The number of nitrogens with one attached hydrogen (secondary N) is 1. The number of rotatable bonds is 2. The second kappa shape index (κ2) is 5.03. The summed E-state index contributed by atoms with van der Waals surface area (Å²) < 4.78 is 0. The minimum Gasteiger partial charge on any atom is -0.342 e. The highest BCUT2D eigenvalue weighted by Crippen LogP contribution is 2.26. The topological polar surface area (TPSA) is 49.0 Å². The Bertz CT molecular complexity index is 557. The lowest BCUT2D eigenvalue weighted by atomic mass is 9.97. The number of nitrogens with zero attached hydrogens (tertiary/aromatic N) is 2. The molecule has 3 rings (SSSR count). The van der Waals surface area contributed by atoms with Crippen LogP contribution in [0.25, 0.3) is 11.0 Å². The smallest absolute Gasteiger partial charge is 0.222 e. The number of H-pyrrole nitrogens is 1. The monoisotopic (exact) mass is 257 g/mol. The van der Waals surface area contributed by atoms with Gasteiger partial charge in [-0.15, -0.1) is 0 Å². The van der Waals surface area contributed by atoms with Crippen molar-refractivity contribution in [2.45, 2.75) is 32.1 Å². The second-order valence-electron chi connectivity index (χ2n) is 5.17. The highest BCUT2D eigenvalue weighted by Gasteiger charge is 2.25. The maximum Gasteiger partial charge on any atom is 0.222 e. The van der Waals surface area contributed by atoms with E-state index in [1.807, 2.05) is 36.1 Å². The van der Waals surface area contributed by atoms with E-state index in [0.29, 0.717) is 12.3 Å². The van der Waals surface area contributed by atoms with E-state index in [4.69, 9.17) is 0 Å². The van der Waals surface area contributed by atoms with Gasteiger partial charge >= 0.3 is 0 Å². The fourth-order valence-electron chi connectivity index (χ4n) is 2.82. The summed E-state index contributed by atoms with van der Waals surface area (Å²) in [6.45, 7) is 3.61. The zero-order valence-electron chi connectivity index (χ0n) is 11.2. The molecule has 0 saturated carbocycles. The van der Waals surface area contributed by atoms with Crippen LogP contribution < -0.4 is 0 Å². The van der Waals surface area contributed by atoms with Crippen LogP contribution >= 0.6 is 0 Å². The number of hydrogen-bond donors (Lipinski definition) is 1. The first-order valence-electron chi connectivity index (χ1n) is 7.00. The molecule has 4 nitrogen and oxygen atoms in total. The lowest BCUT2D eigenvalue weighted by Gasteiger charge is -2.31. The maximum absolute atomic E-state index is 11.8. The van der Waals surface area contributed by atoms with Crippen LogP contribution in [0, 0.1) is 0 Å². The molecule has 100 valence electrons. The van der Waals surface area contributed by atoms with Gasteiger partial charge in [0.1, 0.15) is 5.82 Å². The summed E-state index contributed by atoms with van der Waals surface area (Å²) in [6, 6.07) is 8.08. The van der Waals surface area contributed by atoms with Gasteiger partial charge in [0.25, 0.3) is 0 Å². The van der Waals surface area contributed by atoms with Gasteiger partial charge in [0.15, 0.2) is 0 Å². The first-order chi connectivity index (χ1) is 9.28. The Balaban J connectivity index is 1.83. The van der Waals surface area contributed by atoms with E-state index in [-0.39, 0.29) is 5.91 Å². The molecule has 1 aliphatic heterocycles. The summed E-state index contributed by atoms with van der Waals surface area (Å²) in [4.78, 5) is 21.8. The van der Waals surface area contributed by atoms with E-state index < -0.39 is 0 Å². The zero-order chi connectivity index (χ0) is 13.2. The molecule has 1 N–H and O–H groups in total. The van der Waals surface area contributed by atoms with Gasteiger partial charge in [0.05, 0.1) is 11.0 Å². The molecule has 1 amide bonds. The summed E-state index contributed by atoms with van der Waals surface area (Å²) in [5.41, 5.74) is 2.09. The summed E-state index contributed by atoms with van der Waals surface area (Å²) in [5, 5.41) is 0. The summed E-state index contributed by atoms with van der Waals surface area (Å²) in [5.74, 6) is 1.62. The number of amides is 1. The number of fused-ring (bicyclic) bond motifs is 1. The van der Waals surface area contributed by atoms with Gasteiger partial charge in [0.2, 0.25) is 5.91 Å². The van der Waals surface area contributed by atoms with E-state index in [0.717, 1.165) is 42.8 Å². The zero-order valence-corrected chi connectivity index (χ0v) is 11.2. The number of aromatic amines is 1. The summed E-state index contributed by atoms with van der Waals surface area (Å²) in [6.07, 6.45) is 2.76. The molecule has 0 radical (unpaired) electrons. The van der Waals surface area contributed by atoms with Crippen molar-refractivity contribution in [2.75, 3.05) is 13.1 Å². The van der Waals surface area contributed by atoms with Crippen molar-refractivity contribution in [3.05, 3.63) is 30.1 Å². The van der Waals surface area contributed by atoms with Crippen molar-refractivity contribution in [3.63, 3.8) is 0 Å². The third-order valence-electron chi connectivity index (χ3n) is 3.87.